The predicted octanol–water partition coefficient (Wildman–Crippen LogP) is 2.91. The summed E-state index contributed by atoms with van der Waals surface area (Å²) in [5, 5.41) is 5.69. The van der Waals surface area contributed by atoms with Gasteiger partial charge in [0.25, 0.3) is 0 Å². The number of hydrogen-bond donors (Lipinski definition) is 1. The minimum Gasteiger partial charge on any atom is -0.314 e. The van der Waals surface area contributed by atoms with Crippen LogP contribution in [0.1, 0.15) is 17.4 Å². The molecule has 0 aromatic carbocycles. The fourth-order valence-electron chi connectivity index (χ4n) is 1.98. The monoisotopic (exact) mass is 246 g/mol. The van der Waals surface area contributed by atoms with Crippen molar-refractivity contribution in [3.63, 3.8) is 0 Å². The summed E-state index contributed by atoms with van der Waals surface area (Å²) in [7, 11) is 0. The zero-order valence-electron chi connectivity index (χ0n) is 10.1. The molecule has 0 bridgehead atoms. The van der Waals surface area contributed by atoms with Crippen LogP contribution < -0.4 is 5.32 Å². The first-order valence-electron chi connectivity index (χ1n) is 6.03. The van der Waals surface area contributed by atoms with Crippen LogP contribution in [0.15, 0.2) is 42.0 Å². The first kappa shape index (κ1) is 12.3. The van der Waals surface area contributed by atoms with E-state index in [2.05, 4.69) is 40.8 Å². The molecule has 0 aliphatic heterocycles. The van der Waals surface area contributed by atoms with Crippen LogP contribution in [0.5, 0.6) is 0 Å². The van der Waals surface area contributed by atoms with Crippen LogP contribution in [0, 0.1) is 0 Å². The van der Waals surface area contributed by atoms with Gasteiger partial charge in [0.2, 0.25) is 0 Å². The molecule has 17 heavy (non-hydrogen) atoms. The molecule has 0 aliphatic rings. The SMILES string of the molecule is CCNC(Cc1cccnc1)Cc1cccs1. The number of rotatable bonds is 6. The van der Waals surface area contributed by atoms with Gasteiger partial charge in [-0.1, -0.05) is 19.1 Å². The molecule has 2 nitrogen and oxygen atoms in total. The lowest BCUT2D eigenvalue weighted by Crippen LogP contribution is -2.32. The Hall–Kier alpha value is -1.19. The second-order valence-corrected chi connectivity index (χ2v) is 5.14. The zero-order valence-corrected chi connectivity index (χ0v) is 10.9. The summed E-state index contributed by atoms with van der Waals surface area (Å²) in [4.78, 5) is 5.61. The largest absolute Gasteiger partial charge is 0.314 e. The van der Waals surface area contributed by atoms with Gasteiger partial charge >= 0.3 is 0 Å². The lowest BCUT2D eigenvalue weighted by atomic mass is 10.0. The van der Waals surface area contributed by atoms with Gasteiger partial charge in [0.05, 0.1) is 0 Å². The average Bonchev–Trinajstić information content (AvgIpc) is 2.83. The van der Waals surface area contributed by atoms with Gasteiger partial charge in [0.1, 0.15) is 0 Å². The molecule has 2 rings (SSSR count). The Bertz CT molecular complexity index is 411. The Kier molecular flexibility index (Phi) is 4.71. The molecule has 0 radical (unpaired) electrons. The van der Waals surface area contributed by atoms with Gasteiger partial charge in [0.15, 0.2) is 0 Å². The van der Waals surface area contributed by atoms with Gasteiger partial charge in [-0.3, -0.25) is 4.98 Å². The highest BCUT2D eigenvalue weighted by atomic mass is 32.1. The van der Waals surface area contributed by atoms with Crippen LogP contribution in [0.4, 0.5) is 0 Å². The van der Waals surface area contributed by atoms with E-state index >= 15 is 0 Å². The zero-order chi connectivity index (χ0) is 11.9. The van der Waals surface area contributed by atoms with Crippen LogP contribution in [0.2, 0.25) is 0 Å². The van der Waals surface area contributed by atoms with Crippen molar-refractivity contribution in [3.8, 4) is 0 Å². The molecule has 0 saturated heterocycles. The molecule has 0 spiro atoms. The Morgan fingerprint density at radius 3 is 2.88 bits per heavy atom. The van der Waals surface area contributed by atoms with E-state index in [1.165, 1.54) is 10.4 Å². The van der Waals surface area contributed by atoms with E-state index in [1.54, 1.807) is 0 Å². The Morgan fingerprint density at radius 1 is 1.29 bits per heavy atom. The molecule has 1 atom stereocenters. The number of hydrogen-bond acceptors (Lipinski definition) is 3. The van der Waals surface area contributed by atoms with Gasteiger partial charge in [-0.15, -0.1) is 11.3 Å². The van der Waals surface area contributed by atoms with Gasteiger partial charge in [-0.2, -0.15) is 0 Å². The van der Waals surface area contributed by atoms with Crippen molar-refractivity contribution in [2.24, 2.45) is 0 Å². The maximum Gasteiger partial charge on any atom is 0.0300 e. The topological polar surface area (TPSA) is 24.9 Å². The van der Waals surface area contributed by atoms with Gasteiger partial charge in [-0.05, 0) is 42.5 Å². The first-order valence-corrected chi connectivity index (χ1v) is 6.91. The molecule has 1 unspecified atom stereocenters. The van der Waals surface area contributed by atoms with Crippen LogP contribution in [0.3, 0.4) is 0 Å². The predicted molar refractivity (Wildman–Crippen MR) is 73.4 cm³/mol. The van der Waals surface area contributed by atoms with Crippen LogP contribution in [-0.2, 0) is 12.8 Å². The minimum absolute atomic E-state index is 0.503. The molecule has 0 amide bonds. The van der Waals surface area contributed by atoms with Crippen molar-refractivity contribution in [1.29, 1.82) is 0 Å². The summed E-state index contributed by atoms with van der Waals surface area (Å²) in [5.41, 5.74) is 1.30. The summed E-state index contributed by atoms with van der Waals surface area (Å²) in [6.45, 7) is 3.17. The summed E-state index contributed by atoms with van der Waals surface area (Å²) in [6, 6.07) is 8.98. The molecular formula is C14H18N2S. The van der Waals surface area contributed by atoms with E-state index in [4.69, 9.17) is 0 Å². The van der Waals surface area contributed by atoms with E-state index in [1.807, 2.05) is 29.8 Å². The second kappa shape index (κ2) is 6.52. The van der Waals surface area contributed by atoms with E-state index in [9.17, 15) is 0 Å². The van der Waals surface area contributed by atoms with Crippen molar-refractivity contribution in [2.45, 2.75) is 25.8 Å². The first-order chi connectivity index (χ1) is 8.38. The molecule has 2 aromatic rings. The number of nitrogens with one attached hydrogen (secondary N) is 1. The summed E-state index contributed by atoms with van der Waals surface area (Å²) >= 11 is 1.83. The maximum absolute atomic E-state index is 4.17. The normalized spacial score (nSPS) is 12.5. The summed E-state index contributed by atoms with van der Waals surface area (Å²) in [6.07, 6.45) is 5.92. The molecule has 2 aromatic heterocycles. The number of thiophene rings is 1. The fraction of sp³-hybridized carbons (Fsp3) is 0.357. The van der Waals surface area contributed by atoms with Crippen molar-refractivity contribution in [3.05, 3.63) is 52.5 Å². The van der Waals surface area contributed by atoms with E-state index in [0.29, 0.717) is 6.04 Å². The lowest BCUT2D eigenvalue weighted by Gasteiger charge is -2.16. The molecule has 0 aliphatic carbocycles. The van der Waals surface area contributed by atoms with Crippen LogP contribution in [0.25, 0.3) is 0 Å². The minimum atomic E-state index is 0.503. The Labute approximate surface area is 107 Å². The highest BCUT2D eigenvalue weighted by Gasteiger charge is 2.10. The number of aromatic nitrogens is 1. The quantitative estimate of drug-likeness (QED) is 0.847. The van der Waals surface area contributed by atoms with E-state index < -0.39 is 0 Å². The standard InChI is InChI=1S/C14H18N2S/c1-2-16-13(10-14-6-4-8-17-14)9-12-5-3-7-15-11-12/h3-8,11,13,16H,2,9-10H2,1H3. The fourth-order valence-corrected chi connectivity index (χ4v) is 2.77. The highest BCUT2D eigenvalue weighted by molar-refractivity contribution is 7.09. The summed E-state index contributed by atoms with van der Waals surface area (Å²) < 4.78 is 0. The smallest absolute Gasteiger partial charge is 0.0300 e. The van der Waals surface area contributed by atoms with Crippen molar-refractivity contribution < 1.29 is 0 Å². The highest BCUT2D eigenvalue weighted by Crippen LogP contribution is 2.13. The Morgan fingerprint density at radius 2 is 2.24 bits per heavy atom. The van der Waals surface area contributed by atoms with E-state index in [-0.39, 0.29) is 0 Å². The van der Waals surface area contributed by atoms with Crippen LogP contribution >= 0.6 is 11.3 Å². The number of nitrogens with zero attached hydrogens (tertiary/aromatic N) is 1. The lowest BCUT2D eigenvalue weighted by molar-refractivity contribution is 0.524. The third kappa shape index (κ3) is 3.95. The molecule has 0 fully saturated rings. The third-order valence-electron chi connectivity index (χ3n) is 2.73. The average molecular weight is 246 g/mol. The molecular weight excluding hydrogens is 228 g/mol. The maximum atomic E-state index is 4.17. The molecule has 3 heteroatoms. The number of pyridine rings is 1. The summed E-state index contributed by atoms with van der Waals surface area (Å²) in [5.74, 6) is 0. The Balaban J connectivity index is 1.97. The third-order valence-corrected chi connectivity index (χ3v) is 3.62. The molecule has 0 saturated carbocycles. The van der Waals surface area contributed by atoms with Gasteiger partial charge in [-0.25, -0.2) is 0 Å². The molecule has 90 valence electrons. The molecule has 2 heterocycles. The van der Waals surface area contributed by atoms with Gasteiger partial charge < -0.3 is 5.32 Å². The van der Waals surface area contributed by atoms with Crippen molar-refractivity contribution in [1.82, 2.24) is 10.3 Å². The van der Waals surface area contributed by atoms with Crippen molar-refractivity contribution in [2.75, 3.05) is 6.54 Å². The second-order valence-electron chi connectivity index (χ2n) is 4.10. The van der Waals surface area contributed by atoms with Crippen LogP contribution in [-0.4, -0.2) is 17.6 Å². The van der Waals surface area contributed by atoms with Gasteiger partial charge in [0, 0.05) is 23.3 Å². The van der Waals surface area contributed by atoms with Crippen molar-refractivity contribution >= 4 is 11.3 Å². The molecule has 1 N–H and O–H groups in total. The van der Waals surface area contributed by atoms with E-state index in [0.717, 1.165) is 19.4 Å². The number of likely N-dealkylation sites (N-methyl/N-ethyl adjacent to an activating group) is 1.